The highest BCUT2D eigenvalue weighted by Gasteiger charge is 2.09. The van der Waals surface area contributed by atoms with Gasteiger partial charge in [0.05, 0.1) is 0 Å². The first-order chi connectivity index (χ1) is 6.59. The zero-order valence-corrected chi connectivity index (χ0v) is 7.78. The van der Waals surface area contributed by atoms with Gasteiger partial charge in [0.2, 0.25) is 0 Å². The minimum atomic E-state index is -0.350. The summed E-state index contributed by atoms with van der Waals surface area (Å²) in [6, 6.07) is 5.70. The average Bonchev–Trinajstić information content (AvgIpc) is 2.14. The first-order valence-electron chi connectivity index (χ1n) is 3.93. The lowest BCUT2D eigenvalue weighted by molar-refractivity contribution is 0.402. The first-order valence-corrected chi connectivity index (χ1v) is 4.30. The van der Waals surface area contributed by atoms with E-state index in [1.807, 2.05) is 0 Å². The van der Waals surface area contributed by atoms with Crippen molar-refractivity contribution >= 4 is 22.4 Å². The van der Waals surface area contributed by atoms with Crippen molar-refractivity contribution in [2.75, 3.05) is 0 Å². The average molecular weight is 211 g/mol. The van der Waals surface area contributed by atoms with Crippen LogP contribution in [0.4, 0.5) is 0 Å². The normalized spacial score (nSPS) is 10.6. The lowest BCUT2D eigenvalue weighted by Crippen LogP contribution is -1.77. The Morgan fingerprint density at radius 2 is 1.57 bits per heavy atom. The third-order valence-electron chi connectivity index (χ3n) is 2.03. The van der Waals surface area contributed by atoms with Crippen LogP contribution in [0.2, 0.25) is 5.02 Å². The monoisotopic (exact) mass is 210 g/mol. The molecule has 0 unspecified atom stereocenters. The van der Waals surface area contributed by atoms with Gasteiger partial charge in [-0.2, -0.15) is 0 Å². The molecule has 0 atom stereocenters. The van der Waals surface area contributed by atoms with Gasteiger partial charge in [-0.1, -0.05) is 11.6 Å². The highest BCUT2D eigenvalue weighted by Crippen LogP contribution is 2.40. The summed E-state index contributed by atoms with van der Waals surface area (Å²) in [5.41, 5.74) is 0. The molecule has 0 aliphatic heterocycles. The predicted octanol–water partition coefficient (Wildman–Crippen LogP) is 2.61. The molecular formula is C10H7ClO3. The van der Waals surface area contributed by atoms with Gasteiger partial charge in [-0.05, 0) is 18.2 Å². The van der Waals surface area contributed by atoms with Crippen LogP contribution in [0.15, 0.2) is 24.3 Å². The third kappa shape index (κ3) is 1.22. The van der Waals surface area contributed by atoms with E-state index in [0.29, 0.717) is 15.8 Å². The Labute approximate surface area is 84.8 Å². The molecule has 3 N–H and O–H groups in total. The van der Waals surface area contributed by atoms with Crippen molar-refractivity contribution in [2.24, 2.45) is 0 Å². The molecule has 0 heterocycles. The maximum atomic E-state index is 9.47. The Bertz CT molecular complexity index is 508. The van der Waals surface area contributed by atoms with Gasteiger partial charge in [0.25, 0.3) is 0 Å². The molecule has 0 spiro atoms. The van der Waals surface area contributed by atoms with Crippen LogP contribution in [0.3, 0.4) is 0 Å². The fourth-order valence-electron chi connectivity index (χ4n) is 1.35. The Morgan fingerprint density at radius 1 is 0.857 bits per heavy atom. The molecule has 72 valence electrons. The van der Waals surface area contributed by atoms with Gasteiger partial charge >= 0.3 is 0 Å². The fraction of sp³-hybridized carbons (Fsp3) is 0. The Balaban J connectivity index is 2.94. The van der Waals surface area contributed by atoms with Crippen LogP contribution in [0.5, 0.6) is 17.2 Å². The van der Waals surface area contributed by atoms with Gasteiger partial charge in [0.15, 0.2) is 11.5 Å². The molecule has 0 aliphatic carbocycles. The summed E-state index contributed by atoms with van der Waals surface area (Å²) >= 11 is 5.73. The standard InChI is InChI=1S/C10H7ClO3/c11-5-1-2-6-7(3-5)8(12)4-9(13)10(6)14/h1-4,12-14H. The topological polar surface area (TPSA) is 60.7 Å². The predicted molar refractivity (Wildman–Crippen MR) is 54.0 cm³/mol. The number of benzene rings is 2. The van der Waals surface area contributed by atoms with Crippen molar-refractivity contribution in [3.63, 3.8) is 0 Å². The molecule has 2 aromatic carbocycles. The van der Waals surface area contributed by atoms with Gasteiger partial charge in [0, 0.05) is 21.9 Å². The van der Waals surface area contributed by atoms with Crippen molar-refractivity contribution < 1.29 is 15.3 Å². The molecule has 0 aliphatic rings. The third-order valence-corrected chi connectivity index (χ3v) is 2.26. The van der Waals surface area contributed by atoms with Crippen LogP contribution in [0.25, 0.3) is 10.8 Å². The summed E-state index contributed by atoms with van der Waals surface area (Å²) in [6.45, 7) is 0. The molecule has 0 fully saturated rings. The smallest absolute Gasteiger partial charge is 0.165 e. The van der Waals surface area contributed by atoms with Gasteiger partial charge in [-0.3, -0.25) is 0 Å². The SMILES string of the molecule is Oc1cc(O)c2cc(Cl)ccc2c1O. The van der Waals surface area contributed by atoms with Crippen LogP contribution in [-0.4, -0.2) is 15.3 Å². The summed E-state index contributed by atoms with van der Waals surface area (Å²) in [7, 11) is 0. The summed E-state index contributed by atoms with van der Waals surface area (Å²) in [4.78, 5) is 0. The zero-order valence-electron chi connectivity index (χ0n) is 7.03. The maximum Gasteiger partial charge on any atom is 0.165 e. The van der Waals surface area contributed by atoms with Gasteiger partial charge in [-0.15, -0.1) is 0 Å². The summed E-state index contributed by atoms with van der Waals surface area (Å²) in [5, 5.41) is 29.4. The second kappa shape index (κ2) is 2.96. The molecule has 14 heavy (non-hydrogen) atoms. The molecular weight excluding hydrogens is 204 g/mol. The number of aromatic hydroxyl groups is 3. The molecule has 2 rings (SSSR count). The Kier molecular flexibility index (Phi) is 1.89. The number of hydrogen-bond acceptors (Lipinski definition) is 3. The van der Waals surface area contributed by atoms with Gasteiger partial charge in [-0.25, -0.2) is 0 Å². The molecule has 0 aromatic heterocycles. The summed E-state index contributed by atoms with van der Waals surface area (Å²) < 4.78 is 0. The molecule has 0 bridgehead atoms. The minimum absolute atomic E-state index is 0.113. The lowest BCUT2D eigenvalue weighted by Gasteiger charge is -2.05. The van der Waals surface area contributed by atoms with E-state index in [-0.39, 0.29) is 17.2 Å². The Morgan fingerprint density at radius 3 is 2.29 bits per heavy atom. The van der Waals surface area contributed by atoms with E-state index < -0.39 is 0 Å². The van der Waals surface area contributed by atoms with Crippen LogP contribution in [0.1, 0.15) is 0 Å². The van der Waals surface area contributed by atoms with E-state index >= 15 is 0 Å². The van der Waals surface area contributed by atoms with Crippen molar-refractivity contribution in [1.82, 2.24) is 0 Å². The molecule has 0 saturated carbocycles. The zero-order chi connectivity index (χ0) is 10.3. The number of hydrogen-bond donors (Lipinski definition) is 3. The molecule has 0 saturated heterocycles. The lowest BCUT2D eigenvalue weighted by atomic mass is 10.1. The van der Waals surface area contributed by atoms with Gasteiger partial charge in [0.1, 0.15) is 5.75 Å². The van der Waals surface area contributed by atoms with Crippen molar-refractivity contribution in [3.05, 3.63) is 29.3 Å². The van der Waals surface area contributed by atoms with Crippen molar-refractivity contribution in [2.45, 2.75) is 0 Å². The fourth-order valence-corrected chi connectivity index (χ4v) is 1.52. The van der Waals surface area contributed by atoms with Crippen LogP contribution in [0, 0.1) is 0 Å². The number of rotatable bonds is 0. The molecule has 0 radical (unpaired) electrons. The summed E-state index contributed by atoms with van der Waals surface area (Å²) in [6.07, 6.45) is 0. The van der Waals surface area contributed by atoms with Gasteiger partial charge < -0.3 is 15.3 Å². The number of phenols is 3. The number of fused-ring (bicyclic) bond motifs is 1. The molecule has 2 aromatic rings. The van der Waals surface area contributed by atoms with E-state index in [0.717, 1.165) is 6.07 Å². The van der Waals surface area contributed by atoms with Crippen molar-refractivity contribution in [1.29, 1.82) is 0 Å². The highest BCUT2D eigenvalue weighted by atomic mass is 35.5. The molecule has 0 amide bonds. The highest BCUT2D eigenvalue weighted by molar-refractivity contribution is 6.31. The van der Waals surface area contributed by atoms with Crippen LogP contribution >= 0.6 is 11.6 Å². The van der Waals surface area contributed by atoms with E-state index in [2.05, 4.69) is 0 Å². The van der Waals surface area contributed by atoms with Crippen molar-refractivity contribution in [3.8, 4) is 17.2 Å². The Hall–Kier alpha value is -1.61. The van der Waals surface area contributed by atoms with E-state index in [1.165, 1.54) is 12.1 Å². The molecule has 4 heteroatoms. The van der Waals surface area contributed by atoms with Crippen LogP contribution in [-0.2, 0) is 0 Å². The minimum Gasteiger partial charge on any atom is -0.507 e. The van der Waals surface area contributed by atoms with E-state index in [9.17, 15) is 15.3 Å². The summed E-state index contributed by atoms with van der Waals surface area (Å²) in [5.74, 6) is -0.718. The second-order valence-corrected chi connectivity index (χ2v) is 3.39. The molecule has 3 nitrogen and oxygen atoms in total. The first kappa shape index (κ1) is 8.97. The quantitative estimate of drug-likeness (QED) is 0.463. The van der Waals surface area contributed by atoms with E-state index in [1.54, 1.807) is 6.07 Å². The maximum absolute atomic E-state index is 9.47. The van der Waals surface area contributed by atoms with Crippen LogP contribution < -0.4 is 0 Å². The second-order valence-electron chi connectivity index (χ2n) is 2.95. The number of phenolic OH excluding ortho intramolecular Hbond substituents is 3. The van der Waals surface area contributed by atoms with E-state index in [4.69, 9.17) is 11.6 Å². The number of halogens is 1. The largest absolute Gasteiger partial charge is 0.507 e.